The molecule has 1 aliphatic heterocycles. The SMILES string of the molecule is CCC(=O)COc1cc2cc(Nc3nc(N4C[C@@H](C)O[C@H](C)C4)ncc3Cl)ccc2n(C(C)C)c1=O. The number of morpholine rings is 1. The first-order valence-corrected chi connectivity index (χ1v) is 12.6. The van der Waals surface area contributed by atoms with E-state index in [1.807, 2.05) is 45.9 Å². The minimum Gasteiger partial charge on any atom is -0.480 e. The number of fused-ring (bicyclic) bond motifs is 1. The summed E-state index contributed by atoms with van der Waals surface area (Å²) in [6.45, 7) is 10.9. The molecular formula is C26H32ClN5O4. The van der Waals surface area contributed by atoms with Gasteiger partial charge in [-0.3, -0.25) is 9.59 Å². The first-order valence-electron chi connectivity index (χ1n) is 12.2. The molecule has 1 N–H and O–H groups in total. The van der Waals surface area contributed by atoms with Gasteiger partial charge in [-0.15, -0.1) is 0 Å². The van der Waals surface area contributed by atoms with Crippen LogP contribution in [0.25, 0.3) is 10.9 Å². The second-order valence-electron chi connectivity index (χ2n) is 9.39. The summed E-state index contributed by atoms with van der Waals surface area (Å²) >= 11 is 6.43. The van der Waals surface area contributed by atoms with Crippen LogP contribution in [0.1, 0.15) is 47.1 Å². The van der Waals surface area contributed by atoms with Gasteiger partial charge in [0, 0.05) is 36.6 Å². The molecule has 0 unspecified atom stereocenters. The number of nitrogens with one attached hydrogen (secondary N) is 1. The Morgan fingerprint density at radius 2 is 1.97 bits per heavy atom. The zero-order valence-electron chi connectivity index (χ0n) is 21.2. The maximum absolute atomic E-state index is 13.0. The van der Waals surface area contributed by atoms with Crippen LogP contribution in [-0.2, 0) is 9.53 Å². The van der Waals surface area contributed by atoms with Gasteiger partial charge in [-0.25, -0.2) is 4.98 Å². The van der Waals surface area contributed by atoms with Gasteiger partial charge in [0.05, 0.1) is 23.9 Å². The van der Waals surface area contributed by atoms with Crippen molar-refractivity contribution < 1.29 is 14.3 Å². The fourth-order valence-electron chi connectivity index (χ4n) is 4.35. The summed E-state index contributed by atoms with van der Waals surface area (Å²) < 4.78 is 13.1. The van der Waals surface area contributed by atoms with Crippen molar-refractivity contribution in [2.75, 3.05) is 29.9 Å². The van der Waals surface area contributed by atoms with Gasteiger partial charge in [0.25, 0.3) is 5.56 Å². The van der Waals surface area contributed by atoms with E-state index in [1.165, 1.54) is 0 Å². The highest BCUT2D eigenvalue weighted by Crippen LogP contribution is 2.29. The van der Waals surface area contributed by atoms with Gasteiger partial charge >= 0.3 is 0 Å². The number of hydrogen-bond acceptors (Lipinski definition) is 8. The summed E-state index contributed by atoms with van der Waals surface area (Å²) in [4.78, 5) is 36.0. The number of carbonyl (C=O) groups is 1. The lowest BCUT2D eigenvalue weighted by molar-refractivity contribution is -0.120. The highest BCUT2D eigenvalue weighted by atomic mass is 35.5. The van der Waals surface area contributed by atoms with Crippen molar-refractivity contribution in [3.8, 4) is 5.75 Å². The largest absolute Gasteiger partial charge is 0.480 e. The number of anilines is 3. The monoisotopic (exact) mass is 513 g/mol. The molecule has 9 nitrogen and oxygen atoms in total. The molecule has 0 amide bonds. The Hall–Kier alpha value is -3.17. The zero-order valence-corrected chi connectivity index (χ0v) is 22.0. The Balaban J connectivity index is 1.67. The van der Waals surface area contributed by atoms with E-state index in [1.54, 1.807) is 23.8 Å². The van der Waals surface area contributed by atoms with Gasteiger partial charge in [0.2, 0.25) is 5.95 Å². The molecule has 1 fully saturated rings. The maximum Gasteiger partial charge on any atom is 0.293 e. The van der Waals surface area contributed by atoms with Crippen LogP contribution in [-0.4, -0.2) is 52.2 Å². The fourth-order valence-corrected chi connectivity index (χ4v) is 4.49. The Morgan fingerprint density at radius 1 is 1.25 bits per heavy atom. The van der Waals surface area contributed by atoms with Crippen LogP contribution in [0.3, 0.4) is 0 Å². The van der Waals surface area contributed by atoms with Crippen LogP contribution in [0.15, 0.2) is 35.3 Å². The van der Waals surface area contributed by atoms with Crippen LogP contribution in [0.2, 0.25) is 5.02 Å². The molecule has 2 aromatic heterocycles. The molecule has 4 rings (SSSR count). The third-order valence-corrected chi connectivity index (χ3v) is 6.28. The lowest BCUT2D eigenvalue weighted by atomic mass is 10.1. The van der Waals surface area contributed by atoms with E-state index in [9.17, 15) is 9.59 Å². The zero-order chi connectivity index (χ0) is 26.0. The highest BCUT2D eigenvalue weighted by Gasteiger charge is 2.24. The second kappa shape index (κ2) is 10.8. The Morgan fingerprint density at radius 3 is 2.64 bits per heavy atom. The quantitative estimate of drug-likeness (QED) is 0.461. The number of Topliss-reactive ketones (excluding diaryl/α,β-unsaturated/α-hetero) is 1. The van der Waals surface area contributed by atoms with Gasteiger partial charge < -0.3 is 24.3 Å². The van der Waals surface area contributed by atoms with E-state index >= 15 is 0 Å². The molecule has 10 heteroatoms. The smallest absolute Gasteiger partial charge is 0.293 e. The second-order valence-corrected chi connectivity index (χ2v) is 9.79. The van der Waals surface area contributed by atoms with Crippen molar-refractivity contribution in [2.24, 2.45) is 0 Å². The van der Waals surface area contributed by atoms with Gasteiger partial charge in [0.1, 0.15) is 11.6 Å². The van der Waals surface area contributed by atoms with Crippen LogP contribution in [0.4, 0.5) is 17.5 Å². The predicted octanol–water partition coefficient (Wildman–Crippen LogP) is 4.74. The molecule has 1 saturated heterocycles. The summed E-state index contributed by atoms with van der Waals surface area (Å²) in [5.41, 5.74) is 1.24. The third kappa shape index (κ3) is 5.63. The van der Waals surface area contributed by atoms with Crippen LogP contribution in [0, 0.1) is 0 Å². The molecule has 2 atom stereocenters. The molecule has 0 radical (unpaired) electrons. The lowest BCUT2D eigenvalue weighted by Gasteiger charge is -2.35. The minimum atomic E-state index is -0.264. The normalized spacial score (nSPS) is 18.0. The van der Waals surface area contributed by atoms with Gasteiger partial charge in [-0.05, 0) is 52.0 Å². The van der Waals surface area contributed by atoms with Crippen molar-refractivity contribution in [3.05, 3.63) is 45.8 Å². The van der Waals surface area contributed by atoms with Gasteiger partial charge in [-0.2, -0.15) is 4.98 Å². The summed E-state index contributed by atoms with van der Waals surface area (Å²) in [5.74, 6) is 1.14. The Bertz CT molecular complexity index is 1320. The third-order valence-electron chi connectivity index (χ3n) is 6.00. The molecule has 0 aliphatic carbocycles. The minimum absolute atomic E-state index is 0.0701. The number of aromatic nitrogens is 3. The highest BCUT2D eigenvalue weighted by molar-refractivity contribution is 6.32. The van der Waals surface area contributed by atoms with Crippen LogP contribution in [0.5, 0.6) is 5.75 Å². The molecule has 3 heterocycles. The number of halogens is 1. The summed E-state index contributed by atoms with van der Waals surface area (Å²) in [7, 11) is 0. The number of nitrogens with zero attached hydrogens (tertiary/aromatic N) is 4. The van der Waals surface area contributed by atoms with E-state index in [4.69, 9.17) is 21.1 Å². The van der Waals surface area contributed by atoms with Gasteiger partial charge in [-0.1, -0.05) is 18.5 Å². The van der Waals surface area contributed by atoms with E-state index in [0.29, 0.717) is 36.3 Å². The molecular weight excluding hydrogens is 482 g/mol. The number of benzene rings is 1. The molecule has 192 valence electrons. The predicted molar refractivity (Wildman–Crippen MR) is 142 cm³/mol. The van der Waals surface area contributed by atoms with Crippen molar-refractivity contribution in [2.45, 2.75) is 59.3 Å². The number of carbonyl (C=O) groups excluding carboxylic acids is 1. The van der Waals surface area contributed by atoms with Crippen molar-refractivity contribution >= 4 is 45.7 Å². The van der Waals surface area contributed by atoms with Crippen molar-refractivity contribution in [1.82, 2.24) is 14.5 Å². The van der Waals surface area contributed by atoms with E-state index in [2.05, 4.69) is 20.2 Å². The number of hydrogen-bond donors (Lipinski definition) is 1. The fraction of sp³-hybridized carbons (Fsp3) is 0.462. The van der Waals surface area contributed by atoms with Crippen LogP contribution >= 0.6 is 11.6 Å². The lowest BCUT2D eigenvalue weighted by Crippen LogP contribution is -2.46. The molecule has 0 saturated carbocycles. The topological polar surface area (TPSA) is 98.6 Å². The Kier molecular flexibility index (Phi) is 7.80. The molecule has 36 heavy (non-hydrogen) atoms. The summed E-state index contributed by atoms with van der Waals surface area (Å²) in [6, 6.07) is 7.23. The van der Waals surface area contributed by atoms with Crippen molar-refractivity contribution in [3.63, 3.8) is 0 Å². The molecule has 3 aromatic rings. The molecule has 0 spiro atoms. The van der Waals surface area contributed by atoms with E-state index in [0.717, 1.165) is 16.6 Å². The maximum atomic E-state index is 13.0. The number of ketones is 1. The van der Waals surface area contributed by atoms with E-state index < -0.39 is 0 Å². The summed E-state index contributed by atoms with van der Waals surface area (Å²) in [6.07, 6.45) is 2.09. The molecule has 1 aliphatic rings. The summed E-state index contributed by atoms with van der Waals surface area (Å²) in [5, 5.41) is 4.46. The molecule has 0 bridgehead atoms. The first-order chi connectivity index (χ1) is 17.2. The van der Waals surface area contributed by atoms with E-state index in [-0.39, 0.29) is 41.9 Å². The average molecular weight is 514 g/mol. The standard InChI is InChI=1S/C26H32ClN5O4/c1-6-20(33)14-35-23-10-18-9-19(7-8-22(18)32(15(2)3)25(23)34)29-24-21(27)11-28-26(30-24)31-12-16(4)36-17(5)13-31/h7-11,15-17H,6,12-14H2,1-5H3,(H,28,29,30)/t16-,17-/m1/s1. The number of pyridine rings is 1. The van der Waals surface area contributed by atoms with Crippen molar-refractivity contribution in [1.29, 1.82) is 0 Å². The average Bonchev–Trinajstić information content (AvgIpc) is 2.83. The van der Waals surface area contributed by atoms with Gasteiger partial charge in [0.15, 0.2) is 17.4 Å². The Labute approximate surface area is 215 Å². The molecule has 1 aromatic carbocycles. The number of ether oxygens (including phenoxy) is 2. The first kappa shape index (κ1) is 25.9. The van der Waals surface area contributed by atoms with Crippen LogP contribution < -0.4 is 20.5 Å². The number of rotatable bonds is 8.